The third-order valence-electron chi connectivity index (χ3n) is 9.05. The first-order chi connectivity index (χ1) is 23.3. The molecule has 0 fully saturated rings. The molecule has 9 rings (SSSR count). The molecule has 47 heavy (non-hydrogen) atoms. The van der Waals surface area contributed by atoms with Gasteiger partial charge in [-0.05, 0) is 68.8 Å². The Morgan fingerprint density at radius 2 is 0.872 bits per heavy atom. The number of rotatable bonds is 6. The zero-order chi connectivity index (χ0) is 31.2. The molecule has 1 aliphatic rings. The van der Waals surface area contributed by atoms with Gasteiger partial charge < -0.3 is 8.83 Å². The number of fused-ring (bicyclic) bond motifs is 3. The van der Waals surface area contributed by atoms with E-state index in [1.54, 1.807) is 24.9 Å². The fourth-order valence-electron chi connectivity index (χ4n) is 6.93. The largest absolute Gasteiger partial charge is 0.443 e. The van der Waals surface area contributed by atoms with Crippen molar-refractivity contribution in [1.82, 2.24) is 19.9 Å². The topological polar surface area (TPSA) is 77.8 Å². The summed E-state index contributed by atoms with van der Waals surface area (Å²) in [6.45, 7) is 0. The van der Waals surface area contributed by atoms with E-state index in [0.717, 1.165) is 22.3 Å². The molecule has 0 unspecified atom stereocenters. The SMILES string of the molecule is c1ccc(C2(c3ccccc3)c3cc(-c4ccc(-c5ncco5)nc4)ccc3-c3ccc(-c4ccc(-c5ncco5)nc4)cc32)cc1. The number of pyridine rings is 2. The standard InChI is InChI=1S/C41H26N4O2/c1-3-7-31(8-4-1)41(32-9-5-2-6-10-32)35-23-27(29-13-17-37(44-25-29)39-42-19-21-46-39)11-15-33(35)34-16-12-28(24-36(34)41)30-14-18-38(45-26-30)40-43-20-22-47-40/h1-26H. The maximum absolute atomic E-state index is 5.47. The van der Waals surface area contributed by atoms with E-state index in [2.05, 4.69) is 129 Å². The Kier molecular flexibility index (Phi) is 6.25. The lowest BCUT2D eigenvalue weighted by Crippen LogP contribution is -2.28. The quantitative estimate of drug-likeness (QED) is 0.188. The summed E-state index contributed by atoms with van der Waals surface area (Å²) in [5.74, 6) is 1.01. The van der Waals surface area contributed by atoms with E-state index >= 15 is 0 Å². The Balaban J connectivity index is 1.24. The Labute approximate surface area is 271 Å². The minimum atomic E-state index is -0.559. The average molecular weight is 607 g/mol. The van der Waals surface area contributed by atoms with Gasteiger partial charge in [0, 0.05) is 23.5 Å². The van der Waals surface area contributed by atoms with Crippen LogP contribution in [0.2, 0.25) is 0 Å². The molecule has 222 valence electrons. The van der Waals surface area contributed by atoms with Crippen LogP contribution in [0, 0.1) is 0 Å². The first-order valence-electron chi connectivity index (χ1n) is 15.4. The summed E-state index contributed by atoms with van der Waals surface area (Å²) in [7, 11) is 0. The Morgan fingerprint density at radius 3 is 1.26 bits per heavy atom. The highest BCUT2D eigenvalue weighted by Crippen LogP contribution is 2.57. The zero-order valence-electron chi connectivity index (χ0n) is 25.1. The summed E-state index contributed by atoms with van der Waals surface area (Å²) in [5, 5.41) is 0. The highest BCUT2D eigenvalue weighted by Gasteiger charge is 2.46. The smallest absolute Gasteiger partial charge is 0.244 e. The van der Waals surface area contributed by atoms with Gasteiger partial charge in [-0.1, -0.05) is 97.1 Å². The fourth-order valence-corrected chi connectivity index (χ4v) is 6.93. The lowest BCUT2D eigenvalue weighted by Gasteiger charge is -2.34. The van der Waals surface area contributed by atoms with E-state index in [4.69, 9.17) is 8.83 Å². The number of hydrogen-bond acceptors (Lipinski definition) is 6. The van der Waals surface area contributed by atoms with Crippen molar-refractivity contribution in [2.75, 3.05) is 0 Å². The molecule has 4 heterocycles. The molecular weight excluding hydrogens is 580 g/mol. The molecule has 8 aromatic rings. The van der Waals surface area contributed by atoms with Crippen LogP contribution in [0.5, 0.6) is 0 Å². The van der Waals surface area contributed by atoms with Gasteiger partial charge in [0.25, 0.3) is 0 Å². The molecule has 0 saturated heterocycles. The van der Waals surface area contributed by atoms with Crippen molar-refractivity contribution in [1.29, 1.82) is 0 Å². The van der Waals surface area contributed by atoms with Crippen LogP contribution in [0.1, 0.15) is 22.3 Å². The van der Waals surface area contributed by atoms with E-state index in [1.807, 2.05) is 24.5 Å². The summed E-state index contributed by atoms with van der Waals surface area (Å²) in [6.07, 6.45) is 10.2. The lowest BCUT2D eigenvalue weighted by molar-refractivity contribution is 0.572. The van der Waals surface area contributed by atoms with Crippen LogP contribution in [0.15, 0.2) is 167 Å². The molecular formula is C41H26N4O2. The van der Waals surface area contributed by atoms with Gasteiger partial charge in [-0.3, -0.25) is 9.97 Å². The number of hydrogen-bond donors (Lipinski definition) is 0. The number of nitrogens with zero attached hydrogens (tertiary/aromatic N) is 4. The summed E-state index contributed by atoms with van der Waals surface area (Å²) in [4.78, 5) is 17.9. The molecule has 1 aliphatic carbocycles. The number of oxazole rings is 2. The molecule has 6 nitrogen and oxygen atoms in total. The van der Waals surface area contributed by atoms with Gasteiger partial charge in [-0.25, -0.2) is 9.97 Å². The summed E-state index contributed by atoms with van der Waals surface area (Å²) >= 11 is 0. The molecule has 0 radical (unpaired) electrons. The van der Waals surface area contributed by atoms with Crippen LogP contribution >= 0.6 is 0 Å². The fraction of sp³-hybridized carbons (Fsp3) is 0.0244. The second-order valence-corrected chi connectivity index (χ2v) is 11.5. The van der Waals surface area contributed by atoms with Gasteiger partial charge in [0.05, 0.1) is 17.8 Å². The third kappa shape index (κ3) is 4.34. The minimum absolute atomic E-state index is 0.506. The predicted octanol–water partition coefficient (Wildman–Crippen LogP) is 9.48. The molecule has 4 aromatic heterocycles. The van der Waals surface area contributed by atoms with E-state index < -0.39 is 5.41 Å². The van der Waals surface area contributed by atoms with Crippen LogP contribution < -0.4 is 0 Å². The molecule has 4 aromatic carbocycles. The second kappa shape index (κ2) is 10.9. The van der Waals surface area contributed by atoms with Crippen LogP contribution in [0.4, 0.5) is 0 Å². The molecule has 0 N–H and O–H groups in total. The Hall–Kier alpha value is -6.40. The van der Waals surface area contributed by atoms with Crippen LogP contribution in [0.25, 0.3) is 56.6 Å². The van der Waals surface area contributed by atoms with Crippen molar-refractivity contribution in [3.63, 3.8) is 0 Å². The predicted molar refractivity (Wildman–Crippen MR) is 181 cm³/mol. The number of benzene rings is 4. The summed E-state index contributed by atoms with van der Waals surface area (Å²) < 4.78 is 10.9. The Bertz CT molecular complexity index is 2150. The van der Waals surface area contributed by atoms with Gasteiger partial charge in [0.15, 0.2) is 0 Å². The van der Waals surface area contributed by atoms with Crippen LogP contribution in [-0.4, -0.2) is 19.9 Å². The van der Waals surface area contributed by atoms with Gasteiger partial charge in [0.1, 0.15) is 23.9 Å². The van der Waals surface area contributed by atoms with Crippen molar-refractivity contribution < 1.29 is 8.83 Å². The molecule has 0 bridgehead atoms. The van der Waals surface area contributed by atoms with Gasteiger partial charge in [-0.15, -0.1) is 0 Å². The highest BCUT2D eigenvalue weighted by molar-refractivity contribution is 5.90. The average Bonchev–Trinajstić information content (AvgIpc) is 3.93. The normalized spacial score (nSPS) is 12.9. The highest BCUT2D eigenvalue weighted by atomic mass is 16.3. The molecule has 0 aliphatic heterocycles. The minimum Gasteiger partial charge on any atom is -0.443 e. The number of aromatic nitrogens is 4. The molecule has 6 heteroatoms. The van der Waals surface area contributed by atoms with Gasteiger partial charge in [-0.2, -0.15) is 0 Å². The summed E-state index contributed by atoms with van der Waals surface area (Å²) in [6, 6.07) is 43.3. The first kappa shape index (κ1) is 27.0. The molecule has 0 amide bonds. The van der Waals surface area contributed by atoms with Gasteiger partial charge in [0.2, 0.25) is 11.8 Å². The monoisotopic (exact) mass is 606 g/mol. The maximum Gasteiger partial charge on any atom is 0.244 e. The summed E-state index contributed by atoms with van der Waals surface area (Å²) in [5.41, 5.74) is 12.4. The van der Waals surface area contributed by atoms with Crippen LogP contribution in [-0.2, 0) is 5.41 Å². The first-order valence-corrected chi connectivity index (χ1v) is 15.4. The third-order valence-corrected chi connectivity index (χ3v) is 9.05. The van der Waals surface area contributed by atoms with E-state index in [0.29, 0.717) is 23.2 Å². The van der Waals surface area contributed by atoms with E-state index in [-0.39, 0.29) is 0 Å². The van der Waals surface area contributed by atoms with Crippen molar-refractivity contribution >= 4 is 0 Å². The van der Waals surface area contributed by atoms with E-state index in [1.165, 1.54) is 33.4 Å². The van der Waals surface area contributed by atoms with Crippen molar-refractivity contribution in [3.05, 3.63) is 181 Å². The van der Waals surface area contributed by atoms with E-state index in [9.17, 15) is 0 Å². The molecule has 0 spiro atoms. The van der Waals surface area contributed by atoms with Crippen molar-refractivity contribution in [3.8, 4) is 56.6 Å². The van der Waals surface area contributed by atoms with Gasteiger partial charge >= 0.3 is 0 Å². The maximum atomic E-state index is 5.47. The lowest BCUT2D eigenvalue weighted by atomic mass is 9.67. The molecule has 0 atom stereocenters. The zero-order valence-corrected chi connectivity index (χ0v) is 25.1. The Morgan fingerprint density at radius 1 is 0.426 bits per heavy atom. The molecule has 0 saturated carbocycles. The second-order valence-electron chi connectivity index (χ2n) is 11.5. The van der Waals surface area contributed by atoms with Crippen LogP contribution in [0.3, 0.4) is 0 Å². The van der Waals surface area contributed by atoms with Crippen molar-refractivity contribution in [2.24, 2.45) is 0 Å². The van der Waals surface area contributed by atoms with Crippen molar-refractivity contribution in [2.45, 2.75) is 5.41 Å².